The summed E-state index contributed by atoms with van der Waals surface area (Å²) >= 11 is 3.18. The van der Waals surface area contributed by atoms with Crippen LogP contribution in [0.2, 0.25) is 0 Å². The van der Waals surface area contributed by atoms with Crippen molar-refractivity contribution < 1.29 is 14.0 Å². The molecule has 1 N–H and O–H groups in total. The third-order valence-corrected chi connectivity index (χ3v) is 4.09. The van der Waals surface area contributed by atoms with Crippen LogP contribution < -0.4 is 5.32 Å². The molecule has 0 saturated carbocycles. The molecular formula is C16H23BrN2O3. The Bertz CT molecular complexity index is 540. The van der Waals surface area contributed by atoms with Crippen LogP contribution in [0.15, 0.2) is 21.2 Å². The lowest BCUT2D eigenvalue weighted by molar-refractivity contribution is -0.134. The van der Waals surface area contributed by atoms with Crippen LogP contribution in [-0.2, 0) is 4.79 Å². The third kappa shape index (κ3) is 4.87. The summed E-state index contributed by atoms with van der Waals surface area (Å²) < 4.78 is 5.78. The molecule has 1 aliphatic heterocycles. The molecule has 0 radical (unpaired) electrons. The second-order valence-electron chi connectivity index (χ2n) is 6.97. The van der Waals surface area contributed by atoms with Crippen LogP contribution in [-0.4, -0.2) is 35.8 Å². The van der Waals surface area contributed by atoms with Gasteiger partial charge < -0.3 is 14.6 Å². The number of furan rings is 1. The van der Waals surface area contributed by atoms with Crippen LogP contribution in [0.4, 0.5) is 0 Å². The van der Waals surface area contributed by atoms with Crippen molar-refractivity contribution >= 4 is 27.7 Å². The standard InChI is InChI=1S/C16H23BrN2O3/c1-16(2,3)10-14(20)19-8-6-11(7-9-19)18-15(21)12-4-5-13(17)22-12/h4-5,11H,6-10H2,1-3H3,(H,18,21). The summed E-state index contributed by atoms with van der Waals surface area (Å²) in [5, 5.41) is 2.96. The number of likely N-dealkylation sites (tertiary alicyclic amines) is 1. The molecular weight excluding hydrogens is 348 g/mol. The number of hydrogen-bond donors (Lipinski definition) is 1. The SMILES string of the molecule is CC(C)(C)CC(=O)N1CCC(NC(=O)c2ccc(Br)o2)CC1. The van der Waals surface area contributed by atoms with Gasteiger partial charge in [0.2, 0.25) is 5.91 Å². The average Bonchev–Trinajstić information content (AvgIpc) is 2.84. The fraction of sp³-hybridized carbons (Fsp3) is 0.625. The molecule has 0 aliphatic carbocycles. The molecule has 2 amide bonds. The lowest BCUT2D eigenvalue weighted by Crippen LogP contribution is -2.47. The molecule has 122 valence electrons. The maximum atomic E-state index is 12.2. The Hall–Kier alpha value is -1.30. The van der Waals surface area contributed by atoms with E-state index in [4.69, 9.17) is 4.42 Å². The number of halogens is 1. The number of carbonyl (C=O) groups excluding carboxylic acids is 2. The highest BCUT2D eigenvalue weighted by molar-refractivity contribution is 9.10. The second kappa shape index (κ2) is 6.86. The van der Waals surface area contributed by atoms with Crippen molar-refractivity contribution in [2.45, 2.75) is 46.1 Å². The molecule has 1 fully saturated rings. The first-order valence-corrected chi connectivity index (χ1v) is 8.38. The Morgan fingerprint density at radius 1 is 1.32 bits per heavy atom. The van der Waals surface area contributed by atoms with E-state index in [9.17, 15) is 9.59 Å². The van der Waals surface area contributed by atoms with Crippen LogP contribution in [0, 0.1) is 5.41 Å². The summed E-state index contributed by atoms with van der Waals surface area (Å²) in [6, 6.07) is 3.43. The normalized spacial score (nSPS) is 16.6. The van der Waals surface area contributed by atoms with E-state index in [0.29, 0.717) is 29.9 Å². The summed E-state index contributed by atoms with van der Waals surface area (Å²) in [7, 11) is 0. The van der Waals surface area contributed by atoms with Gasteiger partial charge in [0.15, 0.2) is 10.4 Å². The Labute approximate surface area is 139 Å². The van der Waals surface area contributed by atoms with E-state index in [-0.39, 0.29) is 23.3 Å². The van der Waals surface area contributed by atoms with Gasteiger partial charge >= 0.3 is 0 Å². The van der Waals surface area contributed by atoms with Crippen LogP contribution in [0.25, 0.3) is 0 Å². The molecule has 0 atom stereocenters. The number of carbonyl (C=O) groups is 2. The summed E-state index contributed by atoms with van der Waals surface area (Å²) in [4.78, 5) is 26.1. The van der Waals surface area contributed by atoms with Gasteiger partial charge in [-0.1, -0.05) is 20.8 Å². The van der Waals surface area contributed by atoms with Gasteiger partial charge in [0.25, 0.3) is 5.91 Å². The highest BCUT2D eigenvalue weighted by atomic mass is 79.9. The van der Waals surface area contributed by atoms with Crippen molar-refractivity contribution in [1.29, 1.82) is 0 Å². The van der Waals surface area contributed by atoms with Crippen LogP contribution in [0.3, 0.4) is 0 Å². The fourth-order valence-corrected chi connectivity index (χ4v) is 2.84. The zero-order valence-electron chi connectivity index (χ0n) is 13.3. The molecule has 0 unspecified atom stereocenters. The molecule has 1 aliphatic rings. The zero-order chi connectivity index (χ0) is 16.3. The predicted molar refractivity (Wildman–Crippen MR) is 87.5 cm³/mol. The van der Waals surface area contributed by atoms with E-state index in [1.54, 1.807) is 12.1 Å². The van der Waals surface area contributed by atoms with Crippen LogP contribution >= 0.6 is 15.9 Å². The smallest absolute Gasteiger partial charge is 0.287 e. The van der Waals surface area contributed by atoms with Crippen molar-refractivity contribution in [1.82, 2.24) is 10.2 Å². The molecule has 0 spiro atoms. The largest absolute Gasteiger partial charge is 0.444 e. The number of amides is 2. The number of piperidine rings is 1. The number of hydrogen-bond acceptors (Lipinski definition) is 3. The lowest BCUT2D eigenvalue weighted by atomic mass is 9.91. The molecule has 1 aromatic rings. The average molecular weight is 371 g/mol. The maximum Gasteiger partial charge on any atom is 0.287 e. The predicted octanol–water partition coefficient (Wildman–Crippen LogP) is 3.20. The van der Waals surface area contributed by atoms with Gasteiger partial charge in [-0.25, -0.2) is 0 Å². The quantitative estimate of drug-likeness (QED) is 0.888. The van der Waals surface area contributed by atoms with E-state index >= 15 is 0 Å². The first-order chi connectivity index (χ1) is 10.2. The van der Waals surface area contributed by atoms with Crippen LogP contribution in [0.1, 0.15) is 50.6 Å². The van der Waals surface area contributed by atoms with Crippen molar-refractivity contribution in [3.8, 4) is 0 Å². The van der Waals surface area contributed by atoms with Gasteiger partial charge in [0.1, 0.15) is 0 Å². The minimum atomic E-state index is -0.204. The molecule has 0 aromatic carbocycles. The van der Waals surface area contributed by atoms with E-state index in [0.717, 1.165) is 12.8 Å². The Morgan fingerprint density at radius 3 is 2.45 bits per heavy atom. The summed E-state index contributed by atoms with van der Waals surface area (Å²) in [6.07, 6.45) is 2.12. The fourth-order valence-electron chi connectivity index (χ4n) is 2.53. The van der Waals surface area contributed by atoms with Crippen molar-refractivity contribution in [2.75, 3.05) is 13.1 Å². The third-order valence-electron chi connectivity index (χ3n) is 3.66. The minimum Gasteiger partial charge on any atom is -0.444 e. The molecule has 5 nitrogen and oxygen atoms in total. The maximum absolute atomic E-state index is 12.2. The van der Waals surface area contributed by atoms with Gasteiger partial charge in [0.05, 0.1) is 0 Å². The van der Waals surface area contributed by atoms with Crippen LogP contribution in [0.5, 0.6) is 0 Å². The highest BCUT2D eigenvalue weighted by Crippen LogP contribution is 2.22. The Kier molecular flexibility index (Phi) is 5.32. The second-order valence-corrected chi connectivity index (χ2v) is 7.75. The molecule has 0 bridgehead atoms. The first kappa shape index (κ1) is 17.1. The van der Waals surface area contributed by atoms with E-state index in [1.165, 1.54) is 0 Å². The molecule has 2 rings (SSSR count). The summed E-state index contributed by atoms with van der Waals surface area (Å²) in [6.45, 7) is 7.60. The van der Waals surface area contributed by atoms with Gasteiger partial charge in [-0.15, -0.1) is 0 Å². The Balaban J connectivity index is 1.80. The molecule has 2 heterocycles. The van der Waals surface area contributed by atoms with Crippen molar-refractivity contribution in [2.24, 2.45) is 5.41 Å². The lowest BCUT2D eigenvalue weighted by Gasteiger charge is -2.33. The van der Waals surface area contributed by atoms with E-state index in [2.05, 4.69) is 42.0 Å². The van der Waals surface area contributed by atoms with Gasteiger partial charge in [-0.05, 0) is 46.3 Å². The first-order valence-electron chi connectivity index (χ1n) is 7.58. The van der Waals surface area contributed by atoms with Crippen molar-refractivity contribution in [3.05, 3.63) is 22.6 Å². The molecule has 22 heavy (non-hydrogen) atoms. The Morgan fingerprint density at radius 2 is 1.95 bits per heavy atom. The molecule has 6 heteroatoms. The highest BCUT2D eigenvalue weighted by Gasteiger charge is 2.27. The van der Waals surface area contributed by atoms with E-state index < -0.39 is 0 Å². The van der Waals surface area contributed by atoms with E-state index in [1.807, 2.05) is 4.90 Å². The minimum absolute atomic E-state index is 0.00875. The monoisotopic (exact) mass is 370 g/mol. The molecule has 1 aromatic heterocycles. The summed E-state index contributed by atoms with van der Waals surface area (Å²) in [5.74, 6) is 0.301. The van der Waals surface area contributed by atoms with Gasteiger partial charge in [-0.2, -0.15) is 0 Å². The van der Waals surface area contributed by atoms with Crippen molar-refractivity contribution in [3.63, 3.8) is 0 Å². The topological polar surface area (TPSA) is 62.6 Å². The molecule has 1 saturated heterocycles. The number of nitrogens with zero attached hydrogens (tertiary/aromatic N) is 1. The number of nitrogens with one attached hydrogen (secondary N) is 1. The van der Waals surface area contributed by atoms with Gasteiger partial charge in [-0.3, -0.25) is 9.59 Å². The van der Waals surface area contributed by atoms with Gasteiger partial charge in [0, 0.05) is 25.6 Å². The zero-order valence-corrected chi connectivity index (χ0v) is 14.9. The summed E-state index contributed by atoms with van der Waals surface area (Å²) in [5.41, 5.74) is 0.00875. The number of rotatable bonds is 3.